The van der Waals surface area contributed by atoms with E-state index >= 15 is 0 Å². The van der Waals surface area contributed by atoms with E-state index in [2.05, 4.69) is 19.2 Å². The van der Waals surface area contributed by atoms with Gasteiger partial charge in [0.2, 0.25) is 5.91 Å². The molecule has 164 valence electrons. The van der Waals surface area contributed by atoms with Crippen molar-refractivity contribution in [2.75, 3.05) is 19.8 Å². The van der Waals surface area contributed by atoms with Crippen LogP contribution < -0.4 is 5.32 Å². The number of carbonyl (C=O) groups is 1. The number of rotatable bonds is 3. The largest absolute Gasteiger partial charge is 0.416 e. The summed E-state index contributed by atoms with van der Waals surface area (Å²) in [4.78, 5) is 15.4. The molecule has 1 N–H and O–H groups in total. The van der Waals surface area contributed by atoms with Crippen LogP contribution in [0.2, 0.25) is 0 Å². The molecule has 0 bridgehead atoms. The average molecular weight is 422 g/mol. The van der Waals surface area contributed by atoms with Crippen LogP contribution in [-0.4, -0.2) is 42.6 Å². The summed E-state index contributed by atoms with van der Waals surface area (Å²) in [6.07, 6.45) is -1.06. The number of nitrogens with zero attached hydrogens (tertiary/aromatic N) is 1. The number of amides is 1. The number of benzene rings is 1. The van der Waals surface area contributed by atoms with Gasteiger partial charge in [0, 0.05) is 30.6 Å². The van der Waals surface area contributed by atoms with Gasteiger partial charge in [0.1, 0.15) is 0 Å². The Bertz CT molecular complexity index is 866. The molecule has 3 fully saturated rings. The summed E-state index contributed by atoms with van der Waals surface area (Å²) in [5, 5.41) is 3.66. The zero-order valence-corrected chi connectivity index (χ0v) is 17.5. The minimum Gasteiger partial charge on any atom is -0.380 e. The molecule has 7 heteroatoms. The zero-order chi connectivity index (χ0) is 21.3. The molecule has 30 heavy (non-hydrogen) atoms. The molecule has 1 amide bonds. The lowest BCUT2D eigenvalue weighted by Gasteiger charge is -2.39. The fraction of sp³-hybridized carbons (Fsp3) is 0.696. The Morgan fingerprint density at radius 1 is 1.27 bits per heavy atom. The van der Waals surface area contributed by atoms with Gasteiger partial charge in [0.25, 0.3) is 0 Å². The predicted octanol–water partition coefficient (Wildman–Crippen LogP) is 3.77. The molecule has 1 aromatic rings. The number of nitrogens with one attached hydrogen (secondary N) is 1. The highest BCUT2D eigenvalue weighted by Crippen LogP contribution is 2.54. The summed E-state index contributed by atoms with van der Waals surface area (Å²) < 4.78 is 44.8. The standard InChI is InChI=1S/C23H29F3N2O2/c1-14-19-8-15-3-4-17(23(24,25)26)7-16(15)10-28(19)20(29)22(14)6-5-18(9-22)27-11-21(2)12-30-13-21/h3-4,7,14,18-19,27H,5-6,8-13H2,1-2H3/t14?,18-,19?,22+/m1/s1. The van der Waals surface area contributed by atoms with E-state index in [-0.39, 0.29) is 28.7 Å². The lowest BCUT2D eigenvalue weighted by molar-refractivity contribution is -0.138. The Hall–Kier alpha value is -1.60. The molecule has 4 atom stereocenters. The van der Waals surface area contributed by atoms with E-state index in [4.69, 9.17) is 4.74 Å². The van der Waals surface area contributed by atoms with E-state index in [9.17, 15) is 18.0 Å². The fourth-order valence-corrected chi connectivity index (χ4v) is 6.10. The van der Waals surface area contributed by atoms with Gasteiger partial charge in [-0.2, -0.15) is 13.2 Å². The van der Waals surface area contributed by atoms with E-state index in [1.165, 1.54) is 12.1 Å². The SMILES string of the molecule is CC1C2Cc3ccc(C(F)(F)F)cc3CN2C(=O)[C@]12CC[C@@H](NCC1(C)COC1)C2. The molecule has 4 aliphatic rings. The van der Waals surface area contributed by atoms with Gasteiger partial charge in [-0.25, -0.2) is 0 Å². The third-order valence-electron chi connectivity index (χ3n) is 8.11. The van der Waals surface area contributed by atoms with Crippen LogP contribution in [0.1, 0.15) is 49.8 Å². The van der Waals surface area contributed by atoms with Gasteiger partial charge in [0.05, 0.1) is 24.2 Å². The van der Waals surface area contributed by atoms with Crippen LogP contribution in [0.3, 0.4) is 0 Å². The van der Waals surface area contributed by atoms with Crippen LogP contribution in [0.25, 0.3) is 0 Å². The molecule has 3 aliphatic heterocycles. The van der Waals surface area contributed by atoms with Crippen molar-refractivity contribution < 1.29 is 22.7 Å². The Labute approximate surface area is 175 Å². The normalized spacial score (nSPS) is 34.8. The highest BCUT2D eigenvalue weighted by Gasteiger charge is 2.60. The number of hydrogen-bond acceptors (Lipinski definition) is 3. The first-order chi connectivity index (χ1) is 14.1. The summed E-state index contributed by atoms with van der Waals surface area (Å²) in [6.45, 7) is 7.13. The highest BCUT2D eigenvalue weighted by molar-refractivity contribution is 5.87. The number of ether oxygens (including phenoxy) is 1. The van der Waals surface area contributed by atoms with Crippen molar-refractivity contribution in [1.82, 2.24) is 10.2 Å². The maximum atomic E-state index is 13.5. The first kappa shape index (κ1) is 20.3. The van der Waals surface area contributed by atoms with Gasteiger partial charge in [-0.1, -0.05) is 19.9 Å². The topological polar surface area (TPSA) is 41.6 Å². The smallest absolute Gasteiger partial charge is 0.380 e. The maximum absolute atomic E-state index is 13.5. The molecule has 0 aromatic heterocycles. The highest BCUT2D eigenvalue weighted by atomic mass is 19.4. The van der Waals surface area contributed by atoms with Crippen LogP contribution in [0, 0.1) is 16.7 Å². The van der Waals surface area contributed by atoms with Crippen molar-refractivity contribution in [1.29, 1.82) is 0 Å². The van der Waals surface area contributed by atoms with Crippen molar-refractivity contribution in [2.24, 2.45) is 16.7 Å². The van der Waals surface area contributed by atoms with Gasteiger partial charge in [-0.3, -0.25) is 4.79 Å². The number of hydrogen-bond donors (Lipinski definition) is 1. The van der Waals surface area contributed by atoms with Gasteiger partial charge in [-0.05, 0) is 54.9 Å². The van der Waals surface area contributed by atoms with Crippen LogP contribution in [0.15, 0.2) is 18.2 Å². The molecular formula is C23H29F3N2O2. The van der Waals surface area contributed by atoms with Gasteiger partial charge in [0.15, 0.2) is 0 Å². The number of fused-ring (bicyclic) bond motifs is 2. The first-order valence-corrected chi connectivity index (χ1v) is 10.9. The molecule has 1 aliphatic carbocycles. The lowest BCUT2D eigenvalue weighted by Crippen LogP contribution is -2.49. The fourth-order valence-electron chi connectivity index (χ4n) is 6.10. The molecule has 2 saturated heterocycles. The van der Waals surface area contributed by atoms with Crippen molar-refractivity contribution in [2.45, 2.75) is 64.3 Å². The third-order valence-corrected chi connectivity index (χ3v) is 8.11. The summed E-state index contributed by atoms with van der Waals surface area (Å²) in [5.41, 5.74) is 0.772. The minimum atomic E-state index is -4.36. The van der Waals surface area contributed by atoms with Gasteiger partial charge >= 0.3 is 6.18 Å². The van der Waals surface area contributed by atoms with Crippen LogP contribution in [-0.2, 0) is 28.7 Å². The number of halogens is 3. The van der Waals surface area contributed by atoms with Crippen molar-refractivity contribution in [3.63, 3.8) is 0 Å². The Kier molecular flexibility index (Phi) is 4.53. The second-order valence-corrected chi connectivity index (χ2v) is 10.3. The Morgan fingerprint density at radius 2 is 2.03 bits per heavy atom. The second-order valence-electron chi connectivity index (χ2n) is 10.3. The number of alkyl halides is 3. The molecule has 2 unspecified atom stereocenters. The molecular weight excluding hydrogens is 393 g/mol. The Morgan fingerprint density at radius 3 is 2.70 bits per heavy atom. The lowest BCUT2D eigenvalue weighted by atomic mass is 9.73. The summed E-state index contributed by atoms with van der Waals surface area (Å²) in [6, 6.07) is 4.41. The monoisotopic (exact) mass is 422 g/mol. The van der Waals surface area contributed by atoms with Crippen molar-refractivity contribution >= 4 is 5.91 Å². The molecule has 1 aromatic carbocycles. The van der Waals surface area contributed by atoms with Crippen molar-refractivity contribution in [3.05, 3.63) is 34.9 Å². The van der Waals surface area contributed by atoms with E-state index in [1.54, 1.807) is 6.07 Å². The van der Waals surface area contributed by atoms with Gasteiger partial charge in [-0.15, -0.1) is 0 Å². The van der Waals surface area contributed by atoms with Crippen molar-refractivity contribution in [3.8, 4) is 0 Å². The van der Waals surface area contributed by atoms with E-state index in [0.29, 0.717) is 24.6 Å². The average Bonchev–Trinajstić information content (AvgIpc) is 3.20. The van der Waals surface area contributed by atoms with Crippen LogP contribution >= 0.6 is 0 Å². The summed E-state index contributed by atoms with van der Waals surface area (Å²) >= 11 is 0. The summed E-state index contributed by atoms with van der Waals surface area (Å²) in [5.74, 6) is 0.348. The molecule has 3 heterocycles. The predicted molar refractivity (Wildman–Crippen MR) is 106 cm³/mol. The van der Waals surface area contributed by atoms with E-state index < -0.39 is 11.7 Å². The molecule has 5 rings (SSSR count). The zero-order valence-electron chi connectivity index (χ0n) is 17.5. The first-order valence-electron chi connectivity index (χ1n) is 10.9. The van der Waals surface area contributed by atoms with Crippen LogP contribution in [0.5, 0.6) is 0 Å². The van der Waals surface area contributed by atoms with Crippen LogP contribution in [0.4, 0.5) is 13.2 Å². The van der Waals surface area contributed by atoms with E-state index in [0.717, 1.165) is 44.6 Å². The summed E-state index contributed by atoms with van der Waals surface area (Å²) in [7, 11) is 0. The molecule has 1 saturated carbocycles. The Balaban J connectivity index is 1.33. The van der Waals surface area contributed by atoms with Gasteiger partial charge < -0.3 is 15.0 Å². The third kappa shape index (κ3) is 3.08. The molecule has 1 spiro atoms. The number of carbonyl (C=O) groups excluding carboxylic acids is 1. The second kappa shape index (κ2) is 6.70. The molecule has 0 radical (unpaired) electrons. The maximum Gasteiger partial charge on any atom is 0.416 e. The van der Waals surface area contributed by atoms with E-state index in [1.807, 2.05) is 4.90 Å². The molecule has 4 nitrogen and oxygen atoms in total. The minimum absolute atomic E-state index is 0.0815. The quantitative estimate of drug-likeness (QED) is 0.806.